The van der Waals surface area contributed by atoms with Crippen molar-refractivity contribution in [1.82, 2.24) is 4.90 Å². The lowest BCUT2D eigenvalue weighted by Crippen LogP contribution is -2.32. The summed E-state index contributed by atoms with van der Waals surface area (Å²) in [5.41, 5.74) is 0. The average molecular weight is 181 g/mol. The Morgan fingerprint density at radius 1 is 1.23 bits per heavy atom. The van der Waals surface area contributed by atoms with E-state index in [2.05, 4.69) is 11.5 Å². The minimum Gasteiger partial charge on any atom is -0.500 e. The summed E-state index contributed by atoms with van der Waals surface area (Å²) in [4.78, 5) is 2.46. The minimum atomic E-state index is 0.796. The quantitative estimate of drug-likeness (QED) is 0.366. The molecule has 0 aromatic heterocycles. The van der Waals surface area contributed by atoms with E-state index in [1.165, 1.54) is 32.4 Å². The fourth-order valence-corrected chi connectivity index (χ4v) is 1.54. The van der Waals surface area contributed by atoms with Gasteiger partial charge in [-0.1, -0.05) is 19.1 Å². The highest BCUT2D eigenvalue weighted by molar-refractivity contribution is 4.92. The van der Waals surface area contributed by atoms with Crippen molar-refractivity contribution in [3.63, 3.8) is 0 Å². The molecule has 1 saturated heterocycles. The molecule has 2 heteroatoms. The summed E-state index contributed by atoms with van der Waals surface area (Å²) in [7, 11) is 0. The van der Waals surface area contributed by atoms with Gasteiger partial charge in [0.05, 0.1) is 12.9 Å². The van der Waals surface area contributed by atoms with Crippen molar-refractivity contribution in [2.75, 3.05) is 26.2 Å². The van der Waals surface area contributed by atoms with Crippen LogP contribution in [0.25, 0.3) is 0 Å². The number of hydrogen-bond acceptors (Lipinski definition) is 2. The average Bonchev–Trinajstić information content (AvgIpc) is 2.19. The van der Waals surface area contributed by atoms with Crippen LogP contribution in [0.2, 0.25) is 0 Å². The highest BCUT2D eigenvalue weighted by Crippen LogP contribution is 2.07. The summed E-state index contributed by atoms with van der Waals surface area (Å²) in [6.45, 7) is 7.91. The molecule has 0 saturated carbocycles. The van der Waals surface area contributed by atoms with Crippen LogP contribution in [-0.4, -0.2) is 31.1 Å². The molecule has 0 aromatic rings. The topological polar surface area (TPSA) is 12.5 Å². The Balaban J connectivity index is 1.97. The zero-order valence-electron chi connectivity index (χ0n) is 8.24. The highest BCUT2D eigenvalue weighted by Gasteiger charge is 2.08. The first kappa shape index (κ1) is 10.3. The van der Waals surface area contributed by atoms with Gasteiger partial charge in [0.25, 0.3) is 0 Å². The number of nitrogens with zero attached hydrogens (tertiary/aromatic N) is 1. The second-order valence-corrected chi connectivity index (χ2v) is 3.34. The van der Waals surface area contributed by atoms with E-state index in [4.69, 9.17) is 4.74 Å². The molecule has 0 aliphatic carbocycles. The molecule has 0 spiro atoms. The molecule has 0 aromatic carbocycles. The van der Waals surface area contributed by atoms with E-state index in [-0.39, 0.29) is 0 Å². The van der Waals surface area contributed by atoms with Gasteiger partial charge in [-0.2, -0.15) is 0 Å². The normalized spacial score (nSPS) is 19.1. The lowest BCUT2D eigenvalue weighted by atomic mass is 10.1. The molecule has 0 N–H and O–H groups in total. The van der Waals surface area contributed by atoms with E-state index >= 15 is 0 Å². The van der Waals surface area contributed by atoms with Crippen molar-refractivity contribution >= 4 is 0 Å². The van der Waals surface area contributed by atoms with Crippen LogP contribution in [-0.2, 0) is 4.74 Å². The van der Waals surface area contributed by atoms with Gasteiger partial charge in [-0.25, -0.2) is 0 Å². The monoisotopic (exact) mass is 181 g/mol. The number of ether oxygens (including phenoxy) is 1. The molecule has 1 rings (SSSR count). The predicted octanol–water partition coefficient (Wildman–Crippen LogP) is 2.19. The molecule has 0 radical (unpaired) electrons. The van der Waals surface area contributed by atoms with Crippen molar-refractivity contribution in [2.45, 2.75) is 19.3 Å². The van der Waals surface area contributed by atoms with Crippen LogP contribution in [0.5, 0.6) is 0 Å². The minimum absolute atomic E-state index is 0.796. The third kappa shape index (κ3) is 4.73. The van der Waals surface area contributed by atoms with Crippen LogP contribution in [0.15, 0.2) is 25.0 Å². The van der Waals surface area contributed by atoms with Gasteiger partial charge in [0.2, 0.25) is 0 Å². The summed E-state index contributed by atoms with van der Waals surface area (Å²) in [5.74, 6) is 0. The van der Waals surface area contributed by atoms with E-state index < -0.39 is 0 Å². The lowest BCUT2D eigenvalue weighted by molar-refractivity contribution is 0.159. The van der Waals surface area contributed by atoms with E-state index in [0.717, 1.165) is 13.2 Å². The van der Waals surface area contributed by atoms with Crippen LogP contribution < -0.4 is 0 Å². The Hall–Kier alpha value is -0.760. The Kier molecular flexibility index (Phi) is 5.34. The second kappa shape index (κ2) is 6.72. The summed E-state index contributed by atoms with van der Waals surface area (Å²) in [6, 6.07) is 0. The first-order valence-electron chi connectivity index (χ1n) is 5.05. The molecule has 0 atom stereocenters. The van der Waals surface area contributed by atoms with Crippen LogP contribution >= 0.6 is 0 Å². The third-order valence-electron chi connectivity index (χ3n) is 2.28. The van der Waals surface area contributed by atoms with E-state index in [9.17, 15) is 0 Å². The maximum Gasteiger partial charge on any atom is 0.1000 e. The van der Waals surface area contributed by atoms with Crippen molar-refractivity contribution in [3.05, 3.63) is 25.0 Å². The maximum atomic E-state index is 5.28. The zero-order chi connectivity index (χ0) is 9.36. The van der Waals surface area contributed by atoms with Gasteiger partial charge in [0, 0.05) is 6.54 Å². The Bertz CT molecular complexity index is 159. The number of likely N-dealkylation sites (tertiary alicyclic amines) is 1. The second-order valence-electron chi connectivity index (χ2n) is 3.34. The van der Waals surface area contributed by atoms with Gasteiger partial charge >= 0.3 is 0 Å². The predicted molar refractivity (Wildman–Crippen MR) is 55.6 cm³/mol. The molecule has 13 heavy (non-hydrogen) atoms. The standard InChI is InChI=1S/C11H19NO/c1-2-3-10-13-11-9-12-7-5-4-6-8-12/h2-3,10H,1,4-9,11H2. The Morgan fingerprint density at radius 3 is 2.69 bits per heavy atom. The van der Waals surface area contributed by atoms with Crippen molar-refractivity contribution in [2.24, 2.45) is 0 Å². The maximum absolute atomic E-state index is 5.28. The van der Waals surface area contributed by atoms with E-state index in [0.29, 0.717) is 0 Å². The van der Waals surface area contributed by atoms with Crippen molar-refractivity contribution < 1.29 is 4.74 Å². The molecule has 74 valence electrons. The number of rotatable bonds is 5. The molecule has 0 unspecified atom stereocenters. The number of hydrogen-bond donors (Lipinski definition) is 0. The molecule has 2 nitrogen and oxygen atoms in total. The fourth-order valence-electron chi connectivity index (χ4n) is 1.54. The van der Waals surface area contributed by atoms with E-state index in [1.807, 2.05) is 6.08 Å². The summed E-state index contributed by atoms with van der Waals surface area (Å²) in [6.07, 6.45) is 9.34. The number of allylic oxidation sites excluding steroid dienone is 2. The van der Waals surface area contributed by atoms with Gasteiger partial charge in [-0.05, 0) is 32.0 Å². The Labute approximate surface area is 80.9 Å². The van der Waals surface area contributed by atoms with Gasteiger partial charge in [0.1, 0.15) is 0 Å². The molecular weight excluding hydrogens is 162 g/mol. The smallest absolute Gasteiger partial charge is 0.1000 e. The first-order chi connectivity index (χ1) is 6.43. The van der Waals surface area contributed by atoms with Crippen molar-refractivity contribution in [1.29, 1.82) is 0 Å². The molecule has 1 aliphatic heterocycles. The lowest BCUT2D eigenvalue weighted by Gasteiger charge is -2.25. The summed E-state index contributed by atoms with van der Waals surface area (Å²) in [5, 5.41) is 0. The SMILES string of the molecule is C=CC=COCCN1CCCCC1. The van der Waals surface area contributed by atoms with Crippen LogP contribution in [0.1, 0.15) is 19.3 Å². The van der Waals surface area contributed by atoms with Gasteiger partial charge in [-0.15, -0.1) is 0 Å². The van der Waals surface area contributed by atoms with Crippen LogP contribution in [0.4, 0.5) is 0 Å². The van der Waals surface area contributed by atoms with Crippen LogP contribution in [0, 0.1) is 0 Å². The molecule has 0 bridgehead atoms. The Morgan fingerprint density at radius 2 is 2.00 bits per heavy atom. The molecule has 1 fully saturated rings. The highest BCUT2D eigenvalue weighted by atomic mass is 16.5. The molecular formula is C11H19NO. The largest absolute Gasteiger partial charge is 0.500 e. The number of piperidine rings is 1. The zero-order valence-corrected chi connectivity index (χ0v) is 8.24. The summed E-state index contributed by atoms with van der Waals surface area (Å²) < 4.78 is 5.28. The third-order valence-corrected chi connectivity index (χ3v) is 2.28. The van der Waals surface area contributed by atoms with Gasteiger partial charge in [0.15, 0.2) is 0 Å². The fraction of sp³-hybridized carbons (Fsp3) is 0.636. The van der Waals surface area contributed by atoms with E-state index in [1.54, 1.807) is 12.3 Å². The van der Waals surface area contributed by atoms with Crippen LogP contribution in [0.3, 0.4) is 0 Å². The summed E-state index contributed by atoms with van der Waals surface area (Å²) >= 11 is 0. The molecule has 1 heterocycles. The van der Waals surface area contributed by atoms with Gasteiger partial charge < -0.3 is 4.74 Å². The molecule has 1 aliphatic rings. The van der Waals surface area contributed by atoms with Gasteiger partial charge in [-0.3, -0.25) is 4.90 Å². The van der Waals surface area contributed by atoms with Crippen molar-refractivity contribution in [3.8, 4) is 0 Å². The molecule has 0 amide bonds. The first-order valence-corrected chi connectivity index (χ1v) is 5.05.